The summed E-state index contributed by atoms with van der Waals surface area (Å²) in [6.45, 7) is 9.74. The van der Waals surface area contributed by atoms with E-state index < -0.39 is 0 Å². The summed E-state index contributed by atoms with van der Waals surface area (Å²) < 4.78 is 0. The summed E-state index contributed by atoms with van der Waals surface area (Å²) in [7, 11) is 0. The van der Waals surface area contributed by atoms with Crippen molar-refractivity contribution in [3.8, 4) is 5.75 Å². The monoisotopic (exact) mass is 340 g/mol. The van der Waals surface area contributed by atoms with E-state index in [9.17, 15) is 5.11 Å². The molecule has 0 spiro atoms. The van der Waals surface area contributed by atoms with Crippen LogP contribution >= 0.6 is 0 Å². The summed E-state index contributed by atoms with van der Waals surface area (Å²) in [4.78, 5) is 0. The van der Waals surface area contributed by atoms with Crippen molar-refractivity contribution in [3.05, 3.63) is 35.9 Å². The van der Waals surface area contributed by atoms with E-state index in [4.69, 9.17) is 0 Å². The van der Waals surface area contributed by atoms with E-state index >= 15 is 0 Å². The molecule has 138 valence electrons. The van der Waals surface area contributed by atoms with Gasteiger partial charge in [0.15, 0.2) is 0 Å². The van der Waals surface area contributed by atoms with Crippen molar-refractivity contribution in [2.45, 2.75) is 72.6 Å². The summed E-state index contributed by atoms with van der Waals surface area (Å²) >= 11 is 0. The molecule has 0 aromatic heterocycles. The molecule has 1 N–H and O–H groups in total. The molecular weight excluding hydrogens is 304 g/mol. The standard InChI is InChI=1S/C24H36O/c1-17(2)8-5-9-18(3)22-13-14-23-21(12-7-15-24(22,23)4)19-10-6-11-20(25)16-19/h6,10-12,16-18,22-23,25H,5,7-9,13-15H2,1-4H3/t18-,22-,23+,24-/m1/s1. The third kappa shape index (κ3) is 3.81. The smallest absolute Gasteiger partial charge is 0.116 e. The first-order chi connectivity index (χ1) is 11.9. The number of rotatable bonds is 6. The van der Waals surface area contributed by atoms with Crippen molar-refractivity contribution in [3.63, 3.8) is 0 Å². The lowest BCUT2D eigenvalue weighted by Crippen LogP contribution is -2.34. The second kappa shape index (κ2) is 7.56. The van der Waals surface area contributed by atoms with Gasteiger partial charge in [-0.05, 0) is 78.0 Å². The molecule has 1 nitrogen and oxygen atoms in total. The quantitative estimate of drug-likeness (QED) is 0.587. The van der Waals surface area contributed by atoms with E-state index in [0.717, 1.165) is 17.8 Å². The minimum absolute atomic E-state index is 0.391. The Bertz CT molecular complexity index is 614. The number of fused-ring (bicyclic) bond motifs is 1. The number of hydrogen-bond acceptors (Lipinski definition) is 1. The third-order valence-corrected chi connectivity index (χ3v) is 7.14. The van der Waals surface area contributed by atoms with E-state index in [0.29, 0.717) is 17.1 Å². The number of aromatic hydroxyl groups is 1. The van der Waals surface area contributed by atoms with Gasteiger partial charge in [0, 0.05) is 0 Å². The van der Waals surface area contributed by atoms with Crippen molar-refractivity contribution in [2.24, 2.45) is 29.1 Å². The first-order valence-corrected chi connectivity index (χ1v) is 10.4. The zero-order valence-corrected chi connectivity index (χ0v) is 16.6. The molecule has 0 amide bonds. The number of phenolic OH excluding ortho intramolecular Hbond substituents is 1. The summed E-state index contributed by atoms with van der Waals surface area (Å²) in [5.74, 6) is 3.57. The second-order valence-electron chi connectivity index (χ2n) is 9.29. The lowest BCUT2D eigenvalue weighted by atomic mass is 9.61. The van der Waals surface area contributed by atoms with Gasteiger partial charge in [-0.25, -0.2) is 0 Å². The highest BCUT2D eigenvalue weighted by Crippen LogP contribution is 2.60. The lowest BCUT2D eigenvalue weighted by Gasteiger charge is -2.43. The largest absolute Gasteiger partial charge is 0.508 e. The molecule has 1 aromatic rings. The van der Waals surface area contributed by atoms with Gasteiger partial charge >= 0.3 is 0 Å². The molecule has 1 heteroatoms. The molecule has 0 aliphatic heterocycles. The molecule has 4 atom stereocenters. The molecule has 0 radical (unpaired) electrons. The fourth-order valence-corrected chi connectivity index (χ4v) is 5.80. The SMILES string of the molecule is CC(C)CCC[C@@H](C)[C@H]1CC[C@H]2C(c3cccc(O)c3)=CCC[C@]12C. The molecule has 0 heterocycles. The molecule has 1 saturated carbocycles. The van der Waals surface area contributed by atoms with Gasteiger partial charge in [0.2, 0.25) is 0 Å². The van der Waals surface area contributed by atoms with Gasteiger partial charge in [-0.15, -0.1) is 0 Å². The molecule has 0 bridgehead atoms. The van der Waals surface area contributed by atoms with Crippen LogP contribution in [-0.4, -0.2) is 5.11 Å². The Kier molecular flexibility index (Phi) is 5.61. The van der Waals surface area contributed by atoms with Crippen LogP contribution in [0.4, 0.5) is 0 Å². The first kappa shape index (κ1) is 18.5. The van der Waals surface area contributed by atoms with Gasteiger partial charge in [-0.1, -0.05) is 65.2 Å². The average molecular weight is 341 g/mol. The van der Waals surface area contributed by atoms with Gasteiger partial charge in [0.1, 0.15) is 5.75 Å². The fourth-order valence-electron chi connectivity index (χ4n) is 5.80. The zero-order chi connectivity index (χ0) is 18.0. The summed E-state index contributed by atoms with van der Waals surface area (Å²) in [6.07, 6.45) is 11.8. The fraction of sp³-hybridized carbons (Fsp3) is 0.667. The Morgan fingerprint density at radius 2 is 1.96 bits per heavy atom. The molecule has 0 saturated heterocycles. The molecule has 3 rings (SSSR count). The van der Waals surface area contributed by atoms with Crippen LogP contribution in [-0.2, 0) is 0 Å². The topological polar surface area (TPSA) is 20.2 Å². The van der Waals surface area contributed by atoms with Gasteiger partial charge in [-0.2, -0.15) is 0 Å². The van der Waals surface area contributed by atoms with E-state index in [-0.39, 0.29) is 0 Å². The number of benzene rings is 1. The van der Waals surface area contributed by atoms with Crippen molar-refractivity contribution in [2.75, 3.05) is 0 Å². The third-order valence-electron chi connectivity index (χ3n) is 7.14. The Labute approximate surface area is 154 Å². The zero-order valence-electron chi connectivity index (χ0n) is 16.6. The Morgan fingerprint density at radius 1 is 1.16 bits per heavy atom. The minimum Gasteiger partial charge on any atom is -0.508 e. The average Bonchev–Trinajstić information content (AvgIpc) is 2.91. The molecule has 2 aliphatic carbocycles. The van der Waals surface area contributed by atoms with Crippen molar-refractivity contribution >= 4 is 5.57 Å². The highest BCUT2D eigenvalue weighted by atomic mass is 16.3. The summed E-state index contributed by atoms with van der Waals surface area (Å²) in [6, 6.07) is 7.90. The van der Waals surface area contributed by atoms with Gasteiger partial charge < -0.3 is 5.11 Å². The van der Waals surface area contributed by atoms with E-state index in [2.05, 4.69) is 39.8 Å². The summed E-state index contributed by atoms with van der Waals surface area (Å²) in [5, 5.41) is 9.90. The molecule has 0 unspecified atom stereocenters. The van der Waals surface area contributed by atoms with Crippen LogP contribution in [0.2, 0.25) is 0 Å². The Hall–Kier alpha value is -1.24. The van der Waals surface area contributed by atoms with Crippen LogP contribution in [0, 0.1) is 29.1 Å². The van der Waals surface area contributed by atoms with Crippen LogP contribution in [0.1, 0.15) is 78.2 Å². The lowest BCUT2D eigenvalue weighted by molar-refractivity contribution is 0.116. The second-order valence-corrected chi connectivity index (χ2v) is 9.29. The van der Waals surface area contributed by atoms with E-state index in [1.54, 1.807) is 6.07 Å². The van der Waals surface area contributed by atoms with Crippen molar-refractivity contribution in [1.29, 1.82) is 0 Å². The van der Waals surface area contributed by atoms with E-state index in [1.165, 1.54) is 56.1 Å². The maximum Gasteiger partial charge on any atom is 0.116 e. The number of hydrogen-bond donors (Lipinski definition) is 1. The predicted molar refractivity (Wildman–Crippen MR) is 107 cm³/mol. The van der Waals surface area contributed by atoms with Gasteiger partial charge in [0.05, 0.1) is 0 Å². The molecule has 25 heavy (non-hydrogen) atoms. The molecule has 1 aromatic carbocycles. The normalized spacial score (nSPS) is 30.2. The molecule has 1 fully saturated rings. The number of phenols is 1. The molecule has 2 aliphatic rings. The number of allylic oxidation sites excluding steroid dienone is 2. The van der Waals surface area contributed by atoms with E-state index in [1.807, 2.05) is 12.1 Å². The van der Waals surface area contributed by atoms with Crippen molar-refractivity contribution in [1.82, 2.24) is 0 Å². The Balaban J connectivity index is 1.75. The minimum atomic E-state index is 0.391. The van der Waals surface area contributed by atoms with Gasteiger partial charge in [0.25, 0.3) is 0 Å². The first-order valence-electron chi connectivity index (χ1n) is 10.4. The maximum absolute atomic E-state index is 9.90. The van der Waals surface area contributed by atoms with Crippen LogP contribution in [0.25, 0.3) is 5.57 Å². The van der Waals surface area contributed by atoms with Crippen molar-refractivity contribution < 1.29 is 5.11 Å². The maximum atomic E-state index is 9.90. The van der Waals surface area contributed by atoms with Crippen LogP contribution in [0.5, 0.6) is 5.75 Å². The predicted octanol–water partition coefficient (Wildman–Crippen LogP) is 7.06. The van der Waals surface area contributed by atoms with Crippen LogP contribution < -0.4 is 0 Å². The van der Waals surface area contributed by atoms with Gasteiger partial charge in [-0.3, -0.25) is 0 Å². The highest BCUT2D eigenvalue weighted by Gasteiger charge is 2.50. The summed E-state index contributed by atoms with van der Waals surface area (Å²) in [5.41, 5.74) is 3.18. The molecular formula is C24H36O. The Morgan fingerprint density at radius 3 is 2.68 bits per heavy atom. The van der Waals surface area contributed by atoms with Crippen LogP contribution in [0.15, 0.2) is 30.3 Å². The van der Waals surface area contributed by atoms with Crippen LogP contribution in [0.3, 0.4) is 0 Å². The highest BCUT2D eigenvalue weighted by molar-refractivity contribution is 5.70.